The molecule has 0 saturated carbocycles. The lowest BCUT2D eigenvalue weighted by atomic mass is 10.1. The van der Waals surface area contributed by atoms with E-state index in [1.54, 1.807) is 6.92 Å². The quantitative estimate of drug-likeness (QED) is 0.715. The second-order valence-electron chi connectivity index (χ2n) is 4.01. The molecule has 0 aromatic heterocycles. The van der Waals surface area contributed by atoms with Gasteiger partial charge in [0.25, 0.3) is 0 Å². The molecule has 98 valence electrons. The Morgan fingerprint density at radius 2 is 2.24 bits per heavy atom. The maximum atomic E-state index is 12.7. The summed E-state index contributed by atoms with van der Waals surface area (Å²) in [7, 11) is -4.75. The lowest BCUT2D eigenvalue weighted by Crippen LogP contribution is -2.38. The van der Waals surface area contributed by atoms with Gasteiger partial charge in [0.1, 0.15) is 5.25 Å². The van der Waals surface area contributed by atoms with Crippen LogP contribution in [0.5, 0.6) is 0 Å². The average molecular weight is 267 g/mol. The smallest absolute Gasteiger partial charge is 0.307 e. The fraction of sp³-hybridized carbons (Fsp3) is 0.778. The first kappa shape index (κ1) is 13.9. The van der Waals surface area contributed by atoms with E-state index >= 15 is 0 Å². The van der Waals surface area contributed by atoms with E-state index in [1.165, 1.54) is 0 Å². The number of carboxylic acid groups (broad SMARTS) is 1. The van der Waals surface area contributed by atoms with Gasteiger partial charge in [-0.3, -0.25) is 9.59 Å². The highest BCUT2D eigenvalue weighted by Gasteiger charge is 2.41. The molecule has 1 aliphatic rings. The second-order valence-corrected chi connectivity index (χ2v) is 5.63. The van der Waals surface area contributed by atoms with Gasteiger partial charge in [-0.15, -0.1) is 3.89 Å². The van der Waals surface area contributed by atoms with E-state index in [4.69, 9.17) is 5.11 Å². The van der Waals surface area contributed by atoms with Crippen molar-refractivity contribution >= 4 is 22.1 Å². The first-order valence-electron chi connectivity index (χ1n) is 5.20. The van der Waals surface area contributed by atoms with Crippen LogP contribution < -0.4 is 0 Å². The Balaban J connectivity index is 2.79. The molecule has 1 fully saturated rings. The van der Waals surface area contributed by atoms with Crippen LogP contribution in [0.4, 0.5) is 3.89 Å². The number of carbonyl (C=O) groups excluding carboxylic acids is 1. The minimum atomic E-state index is -4.75. The minimum Gasteiger partial charge on any atom is -0.481 e. The van der Waals surface area contributed by atoms with Crippen LogP contribution in [0.15, 0.2) is 0 Å². The van der Waals surface area contributed by atoms with Crippen LogP contribution in [-0.2, 0) is 19.8 Å². The number of nitrogens with zero attached hydrogens (tertiary/aromatic N) is 1. The van der Waals surface area contributed by atoms with Crippen molar-refractivity contribution in [1.82, 2.24) is 4.90 Å². The zero-order valence-corrected chi connectivity index (χ0v) is 10.1. The van der Waals surface area contributed by atoms with Crippen LogP contribution in [-0.4, -0.2) is 48.1 Å². The summed E-state index contributed by atoms with van der Waals surface area (Å²) in [6, 6.07) is -0.577. The summed E-state index contributed by atoms with van der Waals surface area (Å²) >= 11 is 0. The first-order valence-corrected chi connectivity index (χ1v) is 6.65. The van der Waals surface area contributed by atoms with Gasteiger partial charge in [-0.05, 0) is 6.42 Å². The van der Waals surface area contributed by atoms with Gasteiger partial charge in [-0.1, -0.05) is 6.92 Å². The van der Waals surface area contributed by atoms with E-state index in [9.17, 15) is 21.9 Å². The number of carbonyl (C=O) groups is 2. The van der Waals surface area contributed by atoms with Gasteiger partial charge < -0.3 is 10.0 Å². The van der Waals surface area contributed by atoms with Crippen molar-refractivity contribution in [2.45, 2.75) is 37.5 Å². The first-order chi connectivity index (χ1) is 7.75. The fourth-order valence-electron chi connectivity index (χ4n) is 1.92. The van der Waals surface area contributed by atoms with Gasteiger partial charge in [0.05, 0.1) is 6.42 Å². The molecule has 1 saturated heterocycles. The number of amides is 1. The SMILES string of the molecule is CCC(CC(=O)O)N1CC(S(=O)(=O)F)CC1=O. The van der Waals surface area contributed by atoms with Gasteiger partial charge >= 0.3 is 16.2 Å². The molecule has 6 nitrogen and oxygen atoms in total. The van der Waals surface area contributed by atoms with Gasteiger partial charge in [0.15, 0.2) is 0 Å². The lowest BCUT2D eigenvalue weighted by molar-refractivity contribution is -0.139. The molecule has 0 aliphatic carbocycles. The van der Waals surface area contributed by atoms with Crippen LogP contribution in [0.1, 0.15) is 26.2 Å². The number of hydrogen-bond donors (Lipinski definition) is 1. The third-order valence-corrected chi connectivity index (χ3v) is 3.96. The normalized spacial score (nSPS) is 22.8. The van der Waals surface area contributed by atoms with Crippen molar-refractivity contribution in [2.24, 2.45) is 0 Å². The standard InChI is InChI=1S/C9H14FNO5S/c1-2-6(3-9(13)14)11-5-7(4-8(11)12)17(10,15)16/h6-7H,2-5H2,1H3,(H,13,14). The van der Waals surface area contributed by atoms with Crippen molar-refractivity contribution in [3.05, 3.63) is 0 Å². The number of rotatable bonds is 5. The molecule has 8 heteroatoms. The monoisotopic (exact) mass is 267 g/mol. The maximum absolute atomic E-state index is 12.7. The molecular weight excluding hydrogens is 253 g/mol. The highest BCUT2D eigenvalue weighted by atomic mass is 32.3. The van der Waals surface area contributed by atoms with Gasteiger partial charge in [-0.25, -0.2) is 0 Å². The molecule has 17 heavy (non-hydrogen) atoms. The highest BCUT2D eigenvalue weighted by Crippen LogP contribution is 2.24. The number of likely N-dealkylation sites (tertiary alicyclic amines) is 1. The molecule has 2 unspecified atom stereocenters. The van der Waals surface area contributed by atoms with Gasteiger partial charge in [0, 0.05) is 19.0 Å². The van der Waals surface area contributed by atoms with Gasteiger partial charge in [-0.2, -0.15) is 8.42 Å². The Kier molecular flexibility index (Phi) is 4.07. The zero-order valence-electron chi connectivity index (χ0n) is 9.30. The molecule has 0 aromatic rings. The zero-order chi connectivity index (χ0) is 13.2. The number of aliphatic carboxylic acids is 1. The maximum Gasteiger partial charge on any atom is 0.307 e. The molecule has 0 aromatic carbocycles. The third kappa shape index (κ3) is 3.39. The summed E-state index contributed by atoms with van der Waals surface area (Å²) in [5.74, 6) is -1.58. The number of halogens is 1. The Bertz CT molecular complexity index is 421. The Morgan fingerprint density at radius 3 is 2.59 bits per heavy atom. The molecule has 1 rings (SSSR count). The summed E-state index contributed by atoms with van der Waals surface area (Å²) in [6.45, 7) is 1.43. The van der Waals surface area contributed by atoms with Crippen molar-refractivity contribution in [3.63, 3.8) is 0 Å². The molecule has 1 amide bonds. The molecular formula is C9H14FNO5S. The van der Waals surface area contributed by atoms with E-state index in [1.807, 2.05) is 0 Å². The number of carboxylic acids is 1. The van der Waals surface area contributed by atoms with Crippen LogP contribution in [0, 0.1) is 0 Å². The average Bonchev–Trinajstić information content (AvgIpc) is 2.56. The minimum absolute atomic E-state index is 0.260. The predicted octanol–water partition coefficient (Wildman–Crippen LogP) is 0.140. The molecule has 1 heterocycles. The highest BCUT2D eigenvalue weighted by molar-refractivity contribution is 7.87. The van der Waals surface area contributed by atoms with Crippen LogP contribution in [0.3, 0.4) is 0 Å². The molecule has 0 radical (unpaired) electrons. The van der Waals surface area contributed by atoms with Gasteiger partial charge in [0.2, 0.25) is 5.91 Å². The van der Waals surface area contributed by atoms with E-state index < -0.39 is 39.8 Å². The molecule has 0 spiro atoms. The molecule has 2 atom stereocenters. The Labute approximate surface area is 98.6 Å². The van der Waals surface area contributed by atoms with E-state index in [-0.39, 0.29) is 13.0 Å². The second kappa shape index (κ2) is 4.99. The molecule has 1 aliphatic heterocycles. The van der Waals surface area contributed by atoms with Crippen LogP contribution >= 0.6 is 0 Å². The van der Waals surface area contributed by atoms with Crippen molar-refractivity contribution in [3.8, 4) is 0 Å². The van der Waals surface area contributed by atoms with E-state index in [0.717, 1.165) is 4.90 Å². The topological polar surface area (TPSA) is 91.8 Å². The van der Waals surface area contributed by atoms with E-state index in [0.29, 0.717) is 6.42 Å². The number of hydrogen-bond acceptors (Lipinski definition) is 4. The summed E-state index contributed by atoms with van der Waals surface area (Å²) in [5, 5.41) is 7.29. The van der Waals surface area contributed by atoms with Crippen LogP contribution in [0.2, 0.25) is 0 Å². The largest absolute Gasteiger partial charge is 0.481 e. The third-order valence-electron chi connectivity index (χ3n) is 2.84. The van der Waals surface area contributed by atoms with E-state index in [2.05, 4.69) is 0 Å². The molecule has 1 N–H and O–H groups in total. The van der Waals surface area contributed by atoms with Crippen molar-refractivity contribution < 1.29 is 27.0 Å². The summed E-state index contributed by atoms with van der Waals surface area (Å²) < 4.78 is 34.1. The summed E-state index contributed by atoms with van der Waals surface area (Å²) in [4.78, 5) is 23.2. The van der Waals surface area contributed by atoms with Crippen molar-refractivity contribution in [1.29, 1.82) is 0 Å². The fourth-order valence-corrected chi connectivity index (χ4v) is 2.60. The molecule has 0 bridgehead atoms. The Morgan fingerprint density at radius 1 is 1.65 bits per heavy atom. The predicted molar refractivity (Wildman–Crippen MR) is 56.5 cm³/mol. The summed E-state index contributed by atoms with van der Waals surface area (Å²) in [5.41, 5.74) is 0. The van der Waals surface area contributed by atoms with Crippen LogP contribution in [0.25, 0.3) is 0 Å². The van der Waals surface area contributed by atoms with Crippen molar-refractivity contribution in [2.75, 3.05) is 6.54 Å². The Hall–Kier alpha value is -1.18. The summed E-state index contributed by atoms with van der Waals surface area (Å²) in [6.07, 6.45) is -0.284. The lowest BCUT2D eigenvalue weighted by Gasteiger charge is -2.25.